The van der Waals surface area contributed by atoms with Crippen molar-refractivity contribution in [1.29, 1.82) is 0 Å². The molecule has 1 aromatic carbocycles. The van der Waals surface area contributed by atoms with Crippen molar-refractivity contribution in [2.24, 2.45) is 0 Å². The molecule has 0 aliphatic rings. The third kappa shape index (κ3) is 4.41. The minimum atomic E-state index is -4.70. The molecule has 0 saturated carbocycles. The third-order valence-electron chi connectivity index (χ3n) is 2.84. The molecule has 1 heterocycles. The van der Waals surface area contributed by atoms with E-state index >= 15 is 0 Å². The highest BCUT2D eigenvalue weighted by molar-refractivity contribution is 5.94. The first-order valence-electron chi connectivity index (χ1n) is 6.81. The van der Waals surface area contributed by atoms with Crippen molar-refractivity contribution in [2.45, 2.75) is 19.6 Å². The summed E-state index contributed by atoms with van der Waals surface area (Å²) in [5.41, 5.74) is 0.685. The van der Waals surface area contributed by atoms with Gasteiger partial charge in [0.2, 0.25) is 5.82 Å². The smallest absolute Gasteiger partial charge is 0.451 e. The number of nitrogens with one attached hydrogen (secondary N) is 1. The van der Waals surface area contributed by atoms with Crippen LogP contribution < -0.4 is 5.32 Å². The van der Waals surface area contributed by atoms with Crippen LogP contribution in [0.15, 0.2) is 36.5 Å². The number of anilines is 1. The van der Waals surface area contributed by atoms with E-state index in [0.29, 0.717) is 0 Å². The van der Waals surface area contributed by atoms with Crippen molar-refractivity contribution >= 4 is 11.8 Å². The molecule has 2 rings (SSSR count). The van der Waals surface area contributed by atoms with Crippen LogP contribution in [0.3, 0.4) is 0 Å². The summed E-state index contributed by atoms with van der Waals surface area (Å²) in [6.07, 6.45) is -3.88. The van der Waals surface area contributed by atoms with E-state index in [-0.39, 0.29) is 24.5 Å². The molecule has 8 heteroatoms. The van der Waals surface area contributed by atoms with E-state index in [1.165, 1.54) is 0 Å². The molecule has 0 aliphatic heterocycles. The molecule has 23 heavy (non-hydrogen) atoms. The SMILES string of the molecule is CCOC(=O)c1cnc(C(F)(F)F)nc1NCc1ccccc1. The molecule has 0 saturated heterocycles. The van der Waals surface area contributed by atoms with E-state index in [1.807, 2.05) is 6.07 Å². The van der Waals surface area contributed by atoms with E-state index in [2.05, 4.69) is 15.3 Å². The number of halogens is 3. The molecule has 0 radical (unpaired) electrons. The first-order chi connectivity index (χ1) is 10.9. The average molecular weight is 325 g/mol. The lowest BCUT2D eigenvalue weighted by molar-refractivity contribution is -0.144. The molecule has 0 fully saturated rings. The number of esters is 1. The Morgan fingerprint density at radius 1 is 1.26 bits per heavy atom. The third-order valence-corrected chi connectivity index (χ3v) is 2.84. The molecule has 0 aliphatic carbocycles. The zero-order valence-electron chi connectivity index (χ0n) is 12.2. The molecule has 5 nitrogen and oxygen atoms in total. The Labute approximate surface area is 130 Å². The van der Waals surface area contributed by atoms with Crippen molar-refractivity contribution in [3.8, 4) is 0 Å². The molecule has 122 valence electrons. The lowest BCUT2D eigenvalue weighted by Crippen LogP contribution is -2.17. The summed E-state index contributed by atoms with van der Waals surface area (Å²) in [4.78, 5) is 18.4. The number of ether oxygens (including phenoxy) is 1. The highest BCUT2D eigenvalue weighted by atomic mass is 19.4. The Morgan fingerprint density at radius 2 is 1.96 bits per heavy atom. The largest absolute Gasteiger partial charge is 0.462 e. The van der Waals surface area contributed by atoms with Crippen LogP contribution in [0.2, 0.25) is 0 Å². The molecule has 0 atom stereocenters. The van der Waals surface area contributed by atoms with E-state index in [9.17, 15) is 18.0 Å². The van der Waals surface area contributed by atoms with Crippen LogP contribution in [0.1, 0.15) is 28.7 Å². The van der Waals surface area contributed by atoms with Crippen LogP contribution in [0.5, 0.6) is 0 Å². The Bertz CT molecular complexity index is 675. The summed E-state index contributed by atoms with van der Waals surface area (Å²) in [6.45, 7) is 1.90. The molecule has 0 unspecified atom stereocenters. The van der Waals surface area contributed by atoms with Gasteiger partial charge < -0.3 is 10.1 Å². The van der Waals surface area contributed by atoms with E-state index in [0.717, 1.165) is 11.8 Å². The summed E-state index contributed by atoms with van der Waals surface area (Å²) in [6, 6.07) is 9.00. The molecule has 0 amide bonds. The highest BCUT2D eigenvalue weighted by Crippen LogP contribution is 2.28. The fourth-order valence-electron chi connectivity index (χ4n) is 1.79. The van der Waals surface area contributed by atoms with Gasteiger partial charge in [-0.25, -0.2) is 14.8 Å². The van der Waals surface area contributed by atoms with Crippen molar-refractivity contribution < 1.29 is 22.7 Å². The van der Waals surface area contributed by atoms with Crippen LogP contribution in [0, 0.1) is 0 Å². The number of aromatic nitrogens is 2. The van der Waals surface area contributed by atoms with Crippen LogP contribution in [-0.2, 0) is 17.5 Å². The Balaban J connectivity index is 2.30. The van der Waals surface area contributed by atoms with Crippen LogP contribution in [-0.4, -0.2) is 22.5 Å². The van der Waals surface area contributed by atoms with Gasteiger partial charge in [-0.1, -0.05) is 30.3 Å². The number of nitrogens with zero attached hydrogens (tertiary/aromatic N) is 2. The molecular formula is C15H14F3N3O2. The van der Waals surface area contributed by atoms with Gasteiger partial charge >= 0.3 is 12.1 Å². The monoisotopic (exact) mass is 325 g/mol. The number of benzene rings is 1. The highest BCUT2D eigenvalue weighted by Gasteiger charge is 2.35. The Kier molecular flexibility index (Phi) is 5.15. The zero-order chi connectivity index (χ0) is 16.9. The second-order valence-electron chi connectivity index (χ2n) is 4.51. The summed E-state index contributed by atoms with van der Waals surface area (Å²) in [7, 11) is 0. The van der Waals surface area contributed by atoms with Gasteiger partial charge in [0.1, 0.15) is 11.4 Å². The average Bonchev–Trinajstić information content (AvgIpc) is 2.53. The van der Waals surface area contributed by atoms with Gasteiger partial charge in [-0.2, -0.15) is 13.2 Å². The molecule has 0 bridgehead atoms. The summed E-state index contributed by atoms with van der Waals surface area (Å²) in [5.74, 6) is -2.31. The molecule has 1 N–H and O–H groups in total. The van der Waals surface area contributed by atoms with Gasteiger partial charge in [-0.15, -0.1) is 0 Å². The fourth-order valence-corrected chi connectivity index (χ4v) is 1.79. The molecule has 1 aromatic heterocycles. The number of hydrogen-bond acceptors (Lipinski definition) is 5. The van der Waals surface area contributed by atoms with Gasteiger partial charge in [-0.05, 0) is 12.5 Å². The number of hydrogen-bond donors (Lipinski definition) is 1. The number of rotatable bonds is 5. The second-order valence-corrected chi connectivity index (χ2v) is 4.51. The molecule has 0 spiro atoms. The van der Waals surface area contributed by atoms with Crippen LogP contribution >= 0.6 is 0 Å². The zero-order valence-corrected chi connectivity index (χ0v) is 12.2. The van der Waals surface area contributed by atoms with Crippen LogP contribution in [0.25, 0.3) is 0 Å². The Hall–Kier alpha value is -2.64. The van der Waals surface area contributed by atoms with Crippen molar-refractivity contribution in [2.75, 3.05) is 11.9 Å². The van der Waals surface area contributed by atoms with Gasteiger partial charge in [-0.3, -0.25) is 0 Å². The molecule has 2 aromatic rings. The van der Waals surface area contributed by atoms with E-state index in [1.54, 1.807) is 31.2 Å². The normalized spacial score (nSPS) is 11.1. The molecular weight excluding hydrogens is 311 g/mol. The maximum absolute atomic E-state index is 12.7. The second kappa shape index (κ2) is 7.08. The van der Waals surface area contributed by atoms with Gasteiger partial charge in [0.15, 0.2) is 0 Å². The maximum atomic E-state index is 12.7. The minimum Gasteiger partial charge on any atom is -0.462 e. The number of carbonyl (C=O) groups excluding carboxylic acids is 1. The van der Waals surface area contributed by atoms with E-state index in [4.69, 9.17) is 4.74 Å². The van der Waals surface area contributed by atoms with Crippen molar-refractivity contribution in [1.82, 2.24) is 9.97 Å². The maximum Gasteiger partial charge on any atom is 0.451 e. The lowest BCUT2D eigenvalue weighted by Gasteiger charge is -2.12. The van der Waals surface area contributed by atoms with Gasteiger partial charge in [0.25, 0.3) is 0 Å². The number of carbonyl (C=O) groups is 1. The first-order valence-corrected chi connectivity index (χ1v) is 6.81. The quantitative estimate of drug-likeness (QED) is 0.855. The topological polar surface area (TPSA) is 64.1 Å². The lowest BCUT2D eigenvalue weighted by atomic mass is 10.2. The van der Waals surface area contributed by atoms with E-state index < -0.39 is 18.0 Å². The number of alkyl halides is 3. The van der Waals surface area contributed by atoms with Gasteiger partial charge in [0.05, 0.1) is 6.61 Å². The van der Waals surface area contributed by atoms with Crippen molar-refractivity contribution in [3.05, 3.63) is 53.5 Å². The standard InChI is InChI=1S/C15H14F3N3O2/c1-2-23-13(22)11-9-20-14(15(16,17)18)21-12(11)19-8-10-6-4-3-5-7-10/h3-7,9H,2,8H2,1H3,(H,19,20,21). The minimum absolute atomic E-state index is 0.0952. The predicted octanol–water partition coefficient (Wildman–Crippen LogP) is 3.28. The summed E-state index contributed by atoms with van der Waals surface area (Å²) < 4.78 is 43.0. The Morgan fingerprint density at radius 3 is 2.57 bits per heavy atom. The summed E-state index contributed by atoms with van der Waals surface area (Å²) in [5, 5.41) is 2.73. The fraction of sp³-hybridized carbons (Fsp3) is 0.267. The predicted molar refractivity (Wildman–Crippen MR) is 76.8 cm³/mol. The van der Waals surface area contributed by atoms with Gasteiger partial charge in [0, 0.05) is 12.7 Å². The van der Waals surface area contributed by atoms with Crippen molar-refractivity contribution in [3.63, 3.8) is 0 Å². The first kappa shape index (κ1) is 16.7. The summed E-state index contributed by atoms with van der Waals surface area (Å²) >= 11 is 0. The van der Waals surface area contributed by atoms with Crippen LogP contribution in [0.4, 0.5) is 19.0 Å².